The number of carbonyl (C=O) groups is 1. The van der Waals surface area contributed by atoms with Gasteiger partial charge in [-0.25, -0.2) is 14.6 Å². The van der Waals surface area contributed by atoms with Crippen LogP contribution in [-0.4, -0.2) is 30.2 Å². The van der Waals surface area contributed by atoms with E-state index in [2.05, 4.69) is 26.4 Å². The zero-order valence-electron chi connectivity index (χ0n) is 18.2. The van der Waals surface area contributed by atoms with Gasteiger partial charge < -0.3 is 14.6 Å². The number of rotatable bonds is 7. The van der Waals surface area contributed by atoms with E-state index in [4.69, 9.17) is 4.74 Å². The van der Waals surface area contributed by atoms with Crippen LogP contribution in [0.4, 0.5) is 5.69 Å². The summed E-state index contributed by atoms with van der Waals surface area (Å²) in [5.74, 6) is 1.33. The third-order valence-electron chi connectivity index (χ3n) is 5.27. The van der Waals surface area contributed by atoms with Gasteiger partial charge in [0, 0.05) is 35.7 Å². The van der Waals surface area contributed by atoms with Gasteiger partial charge in [0.2, 0.25) is 0 Å². The highest BCUT2D eigenvalue weighted by Gasteiger charge is 2.16. The summed E-state index contributed by atoms with van der Waals surface area (Å²) in [6.07, 6.45) is 5.32. The quantitative estimate of drug-likeness (QED) is 0.390. The number of aromatic nitrogens is 5. The molecule has 0 radical (unpaired) electrons. The standard InChI is InChI=1S/C24H22N6O2S/c1-16-12-20(21-13-26-30(23(21)27-16)14-19-4-3-11-33-19)24(31)28-17-5-7-18(8-6-17)32-15-22-25-9-10-29(22)2/h3-13H,14-15H2,1-2H3,(H,28,31). The number of carbonyl (C=O) groups excluding carboxylic acids is 1. The molecule has 4 aromatic heterocycles. The van der Waals surface area contributed by atoms with Crippen molar-refractivity contribution in [3.8, 4) is 5.75 Å². The number of pyridine rings is 1. The van der Waals surface area contributed by atoms with Crippen molar-refractivity contribution in [2.75, 3.05) is 5.32 Å². The molecule has 0 fully saturated rings. The Morgan fingerprint density at radius 1 is 1.21 bits per heavy atom. The molecule has 1 aromatic carbocycles. The van der Waals surface area contributed by atoms with Crippen molar-refractivity contribution in [1.82, 2.24) is 24.3 Å². The van der Waals surface area contributed by atoms with Gasteiger partial charge in [-0.1, -0.05) is 6.07 Å². The van der Waals surface area contributed by atoms with Crippen molar-refractivity contribution >= 4 is 34.0 Å². The molecule has 0 aliphatic heterocycles. The number of anilines is 1. The molecule has 0 unspecified atom stereocenters. The summed E-state index contributed by atoms with van der Waals surface area (Å²) in [7, 11) is 1.92. The fourth-order valence-corrected chi connectivity index (χ4v) is 4.23. The Morgan fingerprint density at radius 2 is 2.06 bits per heavy atom. The first-order valence-electron chi connectivity index (χ1n) is 10.4. The van der Waals surface area contributed by atoms with E-state index >= 15 is 0 Å². The Kier molecular flexibility index (Phi) is 5.62. The van der Waals surface area contributed by atoms with Gasteiger partial charge in [0.25, 0.3) is 5.91 Å². The molecule has 8 nitrogen and oxygen atoms in total. The molecular formula is C24H22N6O2S. The summed E-state index contributed by atoms with van der Waals surface area (Å²) in [6, 6.07) is 13.1. The molecule has 5 aromatic rings. The van der Waals surface area contributed by atoms with Crippen LogP contribution < -0.4 is 10.1 Å². The van der Waals surface area contributed by atoms with Crippen molar-refractivity contribution in [1.29, 1.82) is 0 Å². The lowest BCUT2D eigenvalue weighted by atomic mass is 10.1. The highest BCUT2D eigenvalue weighted by atomic mass is 32.1. The van der Waals surface area contributed by atoms with Crippen molar-refractivity contribution < 1.29 is 9.53 Å². The highest BCUT2D eigenvalue weighted by Crippen LogP contribution is 2.23. The van der Waals surface area contributed by atoms with Crippen LogP contribution in [0.1, 0.15) is 26.8 Å². The molecule has 4 heterocycles. The summed E-state index contributed by atoms with van der Waals surface area (Å²) in [5, 5.41) is 10.2. The lowest BCUT2D eigenvalue weighted by Gasteiger charge is -2.10. The van der Waals surface area contributed by atoms with E-state index < -0.39 is 0 Å². The van der Waals surface area contributed by atoms with Crippen molar-refractivity contribution in [3.63, 3.8) is 0 Å². The largest absolute Gasteiger partial charge is 0.486 e. The fraction of sp³-hybridized carbons (Fsp3) is 0.167. The molecule has 0 spiro atoms. The minimum atomic E-state index is -0.206. The summed E-state index contributed by atoms with van der Waals surface area (Å²) >= 11 is 1.67. The maximum Gasteiger partial charge on any atom is 0.256 e. The molecule has 0 aliphatic rings. The monoisotopic (exact) mass is 458 g/mol. The molecule has 166 valence electrons. The first-order chi connectivity index (χ1) is 16.1. The second kappa shape index (κ2) is 8.87. The number of fused-ring (bicyclic) bond motifs is 1. The van der Waals surface area contributed by atoms with Crippen LogP contribution in [0, 0.1) is 6.92 Å². The van der Waals surface area contributed by atoms with E-state index in [-0.39, 0.29) is 5.91 Å². The summed E-state index contributed by atoms with van der Waals surface area (Å²) in [5.41, 5.74) is 2.69. The second-order valence-electron chi connectivity index (χ2n) is 7.65. The number of nitrogens with one attached hydrogen (secondary N) is 1. The lowest BCUT2D eigenvalue weighted by Crippen LogP contribution is -2.13. The maximum atomic E-state index is 13.1. The topological polar surface area (TPSA) is 86.9 Å². The Bertz CT molecular complexity index is 1400. The Labute approximate surface area is 194 Å². The summed E-state index contributed by atoms with van der Waals surface area (Å²) in [4.78, 5) is 23.1. The number of imidazole rings is 1. The molecule has 5 rings (SSSR count). The average molecular weight is 459 g/mol. The zero-order valence-corrected chi connectivity index (χ0v) is 19.0. The van der Waals surface area contributed by atoms with Crippen LogP contribution in [-0.2, 0) is 20.2 Å². The summed E-state index contributed by atoms with van der Waals surface area (Å²) in [6.45, 7) is 2.88. The minimum absolute atomic E-state index is 0.206. The fourth-order valence-electron chi connectivity index (χ4n) is 3.54. The van der Waals surface area contributed by atoms with Crippen molar-refractivity contribution in [2.24, 2.45) is 7.05 Å². The number of thiophene rings is 1. The predicted molar refractivity (Wildman–Crippen MR) is 128 cm³/mol. The van der Waals surface area contributed by atoms with Crippen LogP contribution in [0.3, 0.4) is 0 Å². The number of hydrogen-bond acceptors (Lipinski definition) is 6. The second-order valence-corrected chi connectivity index (χ2v) is 8.68. The first-order valence-corrected chi connectivity index (χ1v) is 11.3. The van der Waals surface area contributed by atoms with E-state index in [1.807, 2.05) is 65.1 Å². The third kappa shape index (κ3) is 4.49. The molecule has 9 heteroatoms. The van der Waals surface area contributed by atoms with Crippen LogP contribution in [0.25, 0.3) is 11.0 Å². The molecule has 1 amide bonds. The number of nitrogens with zero attached hydrogens (tertiary/aromatic N) is 5. The smallest absolute Gasteiger partial charge is 0.256 e. The first kappa shape index (κ1) is 20.9. The van der Waals surface area contributed by atoms with Crippen LogP contribution in [0.15, 0.2) is 66.4 Å². The van der Waals surface area contributed by atoms with Gasteiger partial charge in [0.05, 0.1) is 23.7 Å². The number of benzene rings is 1. The number of ether oxygens (including phenoxy) is 1. The molecule has 1 N–H and O–H groups in total. The SMILES string of the molecule is Cc1cc(C(=O)Nc2ccc(OCc3nccn3C)cc2)c2cnn(Cc3cccs3)c2n1. The lowest BCUT2D eigenvalue weighted by molar-refractivity contribution is 0.102. The molecule has 33 heavy (non-hydrogen) atoms. The van der Waals surface area contributed by atoms with Crippen molar-refractivity contribution in [2.45, 2.75) is 20.1 Å². The number of amides is 1. The van der Waals surface area contributed by atoms with Crippen LogP contribution >= 0.6 is 11.3 Å². The molecule has 0 saturated heterocycles. The van der Waals surface area contributed by atoms with Gasteiger partial charge in [-0.15, -0.1) is 11.3 Å². The van der Waals surface area contributed by atoms with Gasteiger partial charge in [-0.3, -0.25) is 4.79 Å². The van der Waals surface area contributed by atoms with E-state index in [1.165, 1.54) is 4.88 Å². The molecule has 0 saturated carbocycles. The molecular weight excluding hydrogens is 436 g/mol. The average Bonchev–Trinajstić information content (AvgIpc) is 3.56. The minimum Gasteiger partial charge on any atom is -0.486 e. The van der Waals surface area contributed by atoms with Crippen LogP contribution in [0.2, 0.25) is 0 Å². The van der Waals surface area contributed by atoms with Gasteiger partial charge in [0.1, 0.15) is 18.2 Å². The van der Waals surface area contributed by atoms with Gasteiger partial charge in [-0.2, -0.15) is 5.10 Å². The third-order valence-corrected chi connectivity index (χ3v) is 6.13. The number of hydrogen-bond donors (Lipinski definition) is 1. The van der Waals surface area contributed by atoms with Gasteiger partial charge in [0.15, 0.2) is 5.65 Å². The Morgan fingerprint density at radius 3 is 2.79 bits per heavy atom. The van der Waals surface area contributed by atoms with Gasteiger partial charge >= 0.3 is 0 Å². The predicted octanol–water partition coefficient (Wildman–Crippen LogP) is 4.41. The van der Waals surface area contributed by atoms with E-state index in [0.29, 0.717) is 35.8 Å². The highest BCUT2D eigenvalue weighted by molar-refractivity contribution is 7.09. The van der Waals surface area contributed by atoms with E-state index in [0.717, 1.165) is 16.9 Å². The van der Waals surface area contributed by atoms with Crippen molar-refractivity contribution in [3.05, 3.63) is 88.4 Å². The Hall–Kier alpha value is -3.98. The summed E-state index contributed by atoms with van der Waals surface area (Å²) < 4.78 is 9.52. The van der Waals surface area contributed by atoms with Gasteiger partial charge in [-0.05, 0) is 48.7 Å². The van der Waals surface area contributed by atoms with Crippen LogP contribution in [0.5, 0.6) is 5.75 Å². The maximum absolute atomic E-state index is 13.1. The van der Waals surface area contributed by atoms with E-state index in [9.17, 15) is 4.79 Å². The molecule has 0 aliphatic carbocycles. The molecule has 0 atom stereocenters. The zero-order chi connectivity index (χ0) is 22.8. The Balaban J connectivity index is 1.31. The van der Waals surface area contributed by atoms with E-state index in [1.54, 1.807) is 29.8 Å². The number of aryl methyl sites for hydroxylation is 2. The normalized spacial score (nSPS) is 11.1. The molecule has 0 bridgehead atoms.